The zero-order valence-electron chi connectivity index (χ0n) is 12.5. The predicted molar refractivity (Wildman–Crippen MR) is 83.5 cm³/mol. The maximum absolute atomic E-state index is 12.2. The third-order valence-electron chi connectivity index (χ3n) is 3.74. The second-order valence-electron chi connectivity index (χ2n) is 5.51. The van der Waals surface area contributed by atoms with Gasteiger partial charge >= 0.3 is 0 Å². The average molecular weight is 304 g/mol. The molecule has 1 aliphatic heterocycles. The molecule has 1 N–H and O–H groups in total. The predicted octanol–water partition coefficient (Wildman–Crippen LogP) is 2.05. The second-order valence-corrected chi connectivity index (χ2v) is 6.57. The molecule has 3 heterocycles. The van der Waals surface area contributed by atoms with Gasteiger partial charge in [-0.2, -0.15) is 0 Å². The van der Waals surface area contributed by atoms with Gasteiger partial charge in [-0.25, -0.2) is 9.97 Å². The zero-order chi connectivity index (χ0) is 14.8. The highest BCUT2D eigenvalue weighted by molar-refractivity contribution is 7.09. The van der Waals surface area contributed by atoms with Crippen molar-refractivity contribution in [3.63, 3.8) is 0 Å². The molecule has 0 unspecified atom stereocenters. The fraction of sp³-hybridized carbons (Fsp3) is 0.533. The van der Waals surface area contributed by atoms with Crippen molar-refractivity contribution in [3.8, 4) is 0 Å². The number of aromatic amines is 1. The molecule has 0 bridgehead atoms. The van der Waals surface area contributed by atoms with Gasteiger partial charge in [0.15, 0.2) is 0 Å². The molecule has 0 radical (unpaired) electrons. The summed E-state index contributed by atoms with van der Waals surface area (Å²) in [4.78, 5) is 26.5. The van der Waals surface area contributed by atoms with E-state index in [-0.39, 0.29) is 5.56 Å². The van der Waals surface area contributed by atoms with Crippen LogP contribution in [0.4, 0.5) is 0 Å². The lowest BCUT2D eigenvalue weighted by atomic mass is 10.1. The first-order valence-electron chi connectivity index (χ1n) is 7.40. The molecule has 0 fully saturated rings. The lowest BCUT2D eigenvalue weighted by Gasteiger charge is -2.27. The number of aryl methyl sites for hydroxylation is 2. The van der Waals surface area contributed by atoms with Crippen molar-refractivity contribution in [1.82, 2.24) is 19.9 Å². The molecule has 21 heavy (non-hydrogen) atoms. The number of nitrogens with one attached hydrogen (secondary N) is 1. The average Bonchev–Trinajstić information content (AvgIpc) is 2.85. The number of hydrogen-bond acceptors (Lipinski definition) is 5. The molecule has 0 saturated heterocycles. The van der Waals surface area contributed by atoms with E-state index in [4.69, 9.17) is 0 Å². The van der Waals surface area contributed by atoms with E-state index in [1.54, 1.807) is 11.3 Å². The molecule has 0 aromatic carbocycles. The minimum atomic E-state index is 0.0302. The molecule has 0 aliphatic carbocycles. The van der Waals surface area contributed by atoms with Crippen LogP contribution in [0.2, 0.25) is 0 Å². The SMILES string of the molecule is CCCc1nc2c(c(=O)[nH]1)CN(Cc1csc(C)n1)CC2. The summed E-state index contributed by atoms with van der Waals surface area (Å²) in [5.41, 5.74) is 2.93. The molecule has 0 amide bonds. The number of nitrogens with zero attached hydrogens (tertiary/aromatic N) is 3. The number of thiazole rings is 1. The summed E-state index contributed by atoms with van der Waals surface area (Å²) in [5.74, 6) is 0.824. The summed E-state index contributed by atoms with van der Waals surface area (Å²) < 4.78 is 0. The van der Waals surface area contributed by atoms with E-state index in [0.29, 0.717) is 6.54 Å². The van der Waals surface area contributed by atoms with Crippen LogP contribution in [0, 0.1) is 6.92 Å². The summed E-state index contributed by atoms with van der Waals surface area (Å²) in [6.07, 6.45) is 2.68. The van der Waals surface area contributed by atoms with E-state index in [1.165, 1.54) is 0 Å². The molecule has 2 aromatic rings. The molecule has 0 saturated carbocycles. The first-order valence-corrected chi connectivity index (χ1v) is 8.28. The highest BCUT2D eigenvalue weighted by atomic mass is 32.1. The molecule has 0 spiro atoms. The van der Waals surface area contributed by atoms with Crippen LogP contribution in [-0.4, -0.2) is 26.4 Å². The summed E-state index contributed by atoms with van der Waals surface area (Å²) in [6, 6.07) is 0. The fourth-order valence-corrected chi connectivity index (χ4v) is 3.34. The van der Waals surface area contributed by atoms with Gasteiger partial charge in [-0.05, 0) is 13.3 Å². The molecule has 0 atom stereocenters. The molecule has 5 nitrogen and oxygen atoms in total. The van der Waals surface area contributed by atoms with Crippen LogP contribution in [0.15, 0.2) is 10.2 Å². The van der Waals surface area contributed by atoms with Gasteiger partial charge in [0.1, 0.15) is 5.82 Å². The van der Waals surface area contributed by atoms with Crippen LogP contribution in [0.3, 0.4) is 0 Å². The van der Waals surface area contributed by atoms with Crippen molar-refractivity contribution in [2.75, 3.05) is 6.54 Å². The van der Waals surface area contributed by atoms with Gasteiger partial charge in [-0.15, -0.1) is 11.3 Å². The third-order valence-corrected chi connectivity index (χ3v) is 4.56. The Morgan fingerprint density at radius 2 is 2.29 bits per heavy atom. The maximum Gasteiger partial charge on any atom is 0.255 e. The summed E-state index contributed by atoms with van der Waals surface area (Å²) >= 11 is 1.67. The van der Waals surface area contributed by atoms with E-state index in [9.17, 15) is 4.79 Å². The monoisotopic (exact) mass is 304 g/mol. The minimum Gasteiger partial charge on any atom is -0.310 e. The Hall–Kier alpha value is -1.53. The standard InChI is InChI=1S/C15H20N4OS/c1-3-4-14-17-13-5-6-19(8-12(13)15(20)18-14)7-11-9-21-10(2)16-11/h9H,3-8H2,1-2H3,(H,17,18,20). The van der Waals surface area contributed by atoms with Crippen molar-refractivity contribution < 1.29 is 0 Å². The van der Waals surface area contributed by atoms with Crippen LogP contribution in [0.5, 0.6) is 0 Å². The van der Waals surface area contributed by atoms with Crippen molar-refractivity contribution in [1.29, 1.82) is 0 Å². The largest absolute Gasteiger partial charge is 0.310 e. The van der Waals surface area contributed by atoms with Crippen LogP contribution in [0.1, 0.15) is 41.1 Å². The van der Waals surface area contributed by atoms with Crippen molar-refractivity contribution in [2.45, 2.75) is 46.2 Å². The number of fused-ring (bicyclic) bond motifs is 1. The van der Waals surface area contributed by atoms with Gasteiger partial charge in [0.25, 0.3) is 5.56 Å². The van der Waals surface area contributed by atoms with Gasteiger partial charge in [-0.1, -0.05) is 6.92 Å². The Bertz CT molecular complexity index is 691. The molecule has 112 valence electrons. The summed E-state index contributed by atoms with van der Waals surface area (Å²) in [7, 11) is 0. The highest BCUT2D eigenvalue weighted by Crippen LogP contribution is 2.17. The number of H-pyrrole nitrogens is 1. The fourth-order valence-electron chi connectivity index (χ4n) is 2.73. The van der Waals surface area contributed by atoms with Crippen LogP contribution in [0.25, 0.3) is 0 Å². The molecule has 1 aliphatic rings. The van der Waals surface area contributed by atoms with Crippen LogP contribution >= 0.6 is 11.3 Å². The van der Waals surface area contributed by atoms with E-state index < -0.39 is 0 Å². The van der Waals surface area contributed by atoms with Crippen molar-refractivity contribution in [2.24, 2.45) is 0 Å². The molecular weight excluding hydrogens is 284 g/mol. The Kier molecular flexibility index (Phi) is 4.17. The van der Waals surface area contributed by atoms with E-state index >= 15 is 0 Å². The second kappa shape index (κ2) is 6.07. The number of rotatable bonds is 4. The normalized spacial score (nSPS) is 15.1. The van der Waals surface area contributed by atoms with E-state index in [2.05, 4.69) is 32.2 Å². The molecule has 6 heteroatoms. The molecule has 2 aromatic heterocycles. The first-order chi connectivity index (χ1) is 10.2. The number of hydrogen-bond donors (Lipinski definition) is 1. The Labute approximate surface area is 128 Å². The minimum absolute atomic E-state index is 0.0302. The van der Waals surface area contributed by atoms with Crippen molar-refractivity contribution >= 4 is 11.3 Å². The lowest BCUT2D eigenvalue weighted by Crippen LogP contribution is -2.35. The van der Waals surface area contributed by atoms with E-state index in [1.807, 2.05) is 6.92 Å². The smallest absolute Gasteiger partial charge is 0.255 e. The van der Waals surface area contributed by atoms with Crippen LogP contribution < -0.4 is 5.56 Å². The lowest BCUT2D eigenvalue weighted by molar-refractivity contribution is 0.239. The topological polar surface area (TPSA) is 61.9 Å². The van der Waals surface area contributed by atoms with Gasteiger partial charge in [-0.3, -0.25) is 9.69 Å². The third kappa shape index (κ3) is 3.22. The van der Waals surface area contributed by atoms with Crippen molar-refractivity contribution in [3.05, 3.63) is 43.5 Å². The van der Waals surface area contributed by atoms with Crippen LogP contribution in [-0.2, 0) is 25.9 Å². The number of aromatic nitrogens is 3. The van der Waals surface area contributed by atoms with Gasteiger partial charge in [0.05, 0.1) is 22.0 Å². The van der Waals surface area contributed by atoms with E-state index in [0.717, 1.165) is 60.1 Å². The van der Waals surface area contributed by atoms with Gasteiger partial charge in [0.2, 0.25) is 0 Å². The maximum atomic E-state index is 12.2. The first kappa shape index (κ1) is 14.4. The summed E-state index contributed by atoms with van der Waals surface area (Å²) in [5, 5.41) is 3.18. The Morgan fingerprint density at radius 1 is 1.43 bits per heavy atom. The van der Waals surface area contributed by atoms with Gasteiger partial charge < -0.3 is 4.98 Å². The molecular formula is C15H20N4OS. The highest BCUT2D eigenvalue weighted by Gasteiger charge is 2.21. The quantitative estimate of drug-likeness (QED) is 0.939. The zero-order valence-corrected chi connectivity index (χ0v) is 13.3. The summed E-state index contributed by atoms with van der Waals surface area (Å²) in [6.45, 7) is 6.52. The molecule has 3 rings (SSSR count). The van der Waals surface area contributed by atoms with Gasteiger partial charge in [0, 0.05) is 37.9 Å². The Balaban J connectivity index is 1.77. The Morgan fingerprint density at radius 3 is 3.00 bits per heavy atom.